The molecule has 0 spiro atoms. The molecule has 4 rings (SSSR count). The number of carbonyl (C=O) groups excluding carboxylic acids is 2. The van der Waals surface area contributed by atoms with Gasteiger partial charge in [0, 0.05) is 51.4 Å². The Labute approximate surface area is 165 Å². The molecule has 0 aliphatic carbocycles. The van der Waals surface area contributed by atoms with Gasteiger partial charge in [-0.05, 0) is 29.8 Å². The van der Waals surface area contributed by atoms with Crippen molar-refractivity contribution in [1.82, 2.24) is 9.80 Å². The van der Waals surface area contributed by atoms with Crippen LogP contribution in [0.25, 0.3) is 0 Å². The Kier molecular flexibility index (Phi) is 5.19. The Morgan fingerprint density at radius 3 is 2.32 bits per heavy atom. The first-order valence-corrected chi connectivity index (χ1v) is 9.74. The van der Waals surface area contributed by atoms with Crippen molar-refractivity contribution in [2.45, 2.75) is 13.0 Å². The molecule has 2 aliphatic rings. The molecule has 1 N–H and O–H groups in total. The molecule has 0 radical (unpaired) electrons. The Balaban J connectivity index is 1.31. The second kappa shape index (κ2) is 7.92. The van der Waals surface area contributed by atoms with Crippen LogP contribution >= 0.6 is 0 Å². The Bertz CT molecular complexity index is 830. The summed E-state index contributed by atoms with van der Waals surface area (Å²) in [5.74, 6) is 0.166. The van der Waals surface area contributed by atoms with E-state index in [0.717, 1.165) is 24.3 Å². The number of hydrogen-bond donors (Lipinski definition) is 1. The van der Waals surface area contributed by atoms with Gasteiger partial charge in [-0.15, -0.1) is 0 Å². The topological polar surface area (TPSA) is 64.1 Å². The third-order valence-electron chi connectivity index (χ3n) is 5.59. The van der Waals surface area contributed by atoms with Crippen LogP contribution < -0.4 is 4.90 Å². The van der Waals surface area contributed by atoms with Crippen molar-refractivity contribution in [2.24, 2.45) is 5.92 Å². The predicted octanol–water partition coefficient (Wildman–Crippen LogP) is 2.09. The van der Waals surface area contributed by atoms with Crippen molar-refractivity contribution in [2.75, 3.05) is 37.6 Å². The summed E-state index contributed by atoms with van der Waals surface area (Å²) < 4.78 is 0. The Morgan fingerprint density at radius 2 is 1.64 bits per heavy atom. The molecule has 2 saturated heterocycles. The molecule has 28 heavy (non-hydrogen) atoms. The van der Waals surface area contributed by atoms with Gasteiger partial charge in [0.05, 0.1) is 5.92 Å². The van der Waals surface area contributed by atoms with Crippen LogP contribution in [0.5, 0.6) is 5.75 Å². The lowest BCUT2D eigenvalue weighted by molar-refractivity contribution is -0.136. The molecule has 2 heterocycles. The lowest BCUT2D eigenvalue weighted by atomic mass is 10.1. The molecule has 2 aromatic carbocycles. The number of anilines is 1. The van der Waals surface area contributed by atoms with E-state index < -0.39 is 0 Å². The highest BCUT2D eigenvalue weighted by Crippen LogP contribution is 2.24. The monoisotopic (exact) mass is 379 g/mol. The number of hydrogen-bond acceptors (Lipinski definition) is 4. The summed E-state index contributed by atoms with van der Waals surface area (Å²) in [7, 11) is 0. The van der Waals surface area contributed by atoms with E-state index >= 15 is 0 Å². The van der Waals surface area contributed by atoms with Gasteiger partial charge in [0.25, 0.3) is 0 Å². The van der Waals surface area contributed by atoms with Crippen molar-refractivity contribution >= 4 is 17.5 Å². The van der Waals surface area contributed by atoms with Crippen LogP contribution in [0.1, 0.15) is 12.0 Å². The van der Waals surface area contributed by atoms with Crippen molar-refractivity contribution in [3.05, 3.63) is 60.2 Å². The van der Waals surface area contributed by atoms with E-state index in [1.165, 1.54) is 0 Å². The fourth-order valence-corrected chi connectivity index (χ4v) is 4.00. The molecule has 2 fully saturated rings. The maximum Gasteiger partial charge on any atom is 0.228 e. The zero-order chi connectivity index (χ0) is 19.5. The minimum atomic E-state index is -0.239. The first-order valence-electron chi connectivity index (χ1n) is 9.74. The Hall–Kier alpha value is -3.02. The number of carbonyl (C=O) groups is 2. The number of benzene rings is 2. The van der Waals surface area contributed by atoms with Crippen LogP contribution in [0.3, 0.4) is 0 Å². The average Bonchev–Trinajstić information content (AvgIpc) is 3.09. The highest BCUT2D eigenvalue weighted by molar-refractivity contribution is 5.89. The van der Waals surface area contributed by atoms with Gasteiger partial charge in [-0.1, -0.05) is 30.3 Å². The number of nitrogens with zero attached hydrogens (tertiary/aromatic N) is 3. The second-order valence-electron chi connectivity index (χ2n) is 7.49. The minimum absolute atomic E-state index is 0.0601. The van der Waals surface area contributed by atoms with Crippen LogP contribution in [0.15, 0.2) is 54.6 Å². The predicted molar refractivity (Wildman–Crippen MR) is 107 cm³/mol. The number of aromatic hydroxyl groups is 1. The van der Waals surface area contributed by atoms with Crippen LogP contribution in [-0.2, 0) is 16.1 Å². The lowest BCUT2D eigenvalue weighted by Crippen LogP contribution is -2.50. The lowest BCUT2D eigenvalue weighted by Gasteiger charge is -2.37. The SMILES string of the molecule is O=C1CC(C(=O)N2CCN(c3ccc(O)cc3)CC2)CN1Cc1ccccc1. The first-order chi connectivity index (χ1) is 13.6. The summed E-state index contributed by atoms with van der Waals surface area (Å²) in [6, 6.07) is 17.0. The number of phenolic OH excluding ortho intramolecular Hbond substituents is 1. The molecule has 146 valence electrons. The molecule has 2 aromatic rings. The Morgan fingerprint density at radius 1 is 0.964 bits per heavy atom. The molecule has 2 amide bonds. The van der Waals surface area contributed by atoms with Gasteiger partial charge in [-0.2, -0.15) is 0 Å². The van der Waals surface area contributed by atoms with Crippen molar-refractivity contribution in [3.8, 4) is 5.75 Å². The zero-order valence-electron chi connectivity index (χ0n) is 15.8. The summed E-state index contributed by atoms with van der Waals surface area (Å²) in [5.41, 5.74) is 2.14. The molecular formula is C22H25N3O3. The summed E-state index contributed by atoms with van der Waals surface area (Å²) in [4.78, 5) is 31.2. The van der Waals surface area contributed by atoms with Crippen LogP contribution in [-0.4, -0.2) is 59.4 Å². The van der Waals surface area contributed by atoms with E-state index in [4.69, 9.17) is 0 Å². The molecule has 6 nitrogen and oxygen atoms in total. The van der Waals surface area contributed by atoms with Crippen LogP contribution in [0, 0.1) is 5.92 Å². The molecule has 0 saturated carbocycles. The largest absolute Gasteiger partial charge is 0.508 e. The van der Waals surface area contributed by atoms with E-state index in [1.54, 1.807) is 17.0 Å². The molecule has 2 aliphatic heterocycles. The third-order valence-corrected chi connectivity index (χ3v) is 5.59. The summed E-state index contributed by atoms with van der Waals surface area (Å²) in [6.45, 7) is 3.89. The quantitative estimate of drug-likeness (QED) is 0.884. The first kappa shape index (κ1) is 18.3. The van der Waals surface area contributed by atoms with Gasteiger partial charge in [0.1, 0.15) is 5.75 Å². The third kappa shape index (κ3) is 3.96. The number of rotatable bonds is 4. The fourth-order valence-electron chi connectivity index (χ4n) is 4.00. The average molecular weight is 379 g/mol. The summed E-state index contributed by atoms with van der Waals surface area (Å²) >= 11 is 0. The highest BCUT2D eigenvalue weighted by Gasteiger charge is 2.37. The summed E-state index contributed by atoms with van der Waals surface area (Å²) in [5, 5.41) is 9.42. The fraction of sp³-hybridized carbons (Fsp3) is 0.364. The minimum Gasteiger partial charge on any atom is -0.508 e. The number of likely N-dealkylation sites (tertiary alicyclic amines) is 1. The van der Waals surface area contributed by atoms with Gasteiger partial charge < -0.3 is 19.8 Å². The maximum absolute atomic E-state index is 12.9. The van der Waals surface area contributed by atoms with E-state index in [2.05, 4.69) is 4.90 Å². The van der Waals surface area contributed by atoms with Crippen molar-refractivity contribution < 1.29 is 14.7 Å². The zero-order valence-corrected chi connectivity index (χ0v) is 15.8. The van der Waals surface area contributed by atoms with Crippen molar-refractivity contribution in [3.63, 3.8) is 0 Å². The summed E-state index contributed by atoms with van der Waals surface area (Å²) in [6.07, 6.45) is 0.309. The van der Waals surface area contributed by atoms with Crippen molar-refractivity contribution in [1.29, 1.82) is 0 Å². The molecule has 0 aromatic heterocycles. The van der Waals surface area contributed by atoms with Gasteiger partial charge >= 0.3 is 0 Å². The smallest absolute Gasteiger partial charge is 0.228 e. The van der Waals surface area contributed by atoms with Gasteiger partial charge in [0.2, 0.25) is 11.8 Å². The number of phenols is 1. The maximum atomic E-state index is 12.9. The molecule has 1 unspecified atom stereocenters. The number of amides is 2. The van der Waals surface area contributed by atoms with E-state index in [0.29, 0.717) is 32.6 Å². The second-order valence-corrected chi connectivity index (χ2v) is 7.49. The van der Waals surface area contributed by atoms with E-state index in [9.17, 15) is 14.7 Å². The standard InChI is InChI=1S/C22H25N3O3/c26-20-8-6-19(7-9-20)23-10-12-24(13-11-23)22(28)18-14-21(27)25(16-18)15-17-4-2-1-3-5-17/h1-9,18,26H,10-16H2. The van der Waals surface area contributed by atoms with E-state index in [-0.39, 0.29) is 23.5 Å². The molecule has 1 atom stereocenters. The van der Waals surface area contributed by atoms with Gasteiger partial charge in [-0.25, -0.2) is 0 Å². The van der Waals surface area contributed by atoms with E-state index in [1.807, 2.05) is 47.4 Å². The van der Waals surface area contributed by atoms with Crippen LogP contribution in [0.2, 0.25) is 0 Å². The number of piperazine rings is 1. The highest BCUT2D eigenvalue weighted by atomic mass is 16.3. The van der Waals surface area contributed by atoms with Crippen LogP contribution in [0.4, 0.5) is 5.69 Å². The van der Waals surface area contributed by atoms with Gasteiger partial charge in [0.15, 0.2) is 0 Å². The molecule has 6 heteroatoms. The molecular weight excluding hydrogens is 354 g/mol. The molecule has 0 bridgehead atoms. The normalized spacial score (nSPS) is 19.9. The van der Waals surface area contributed by atoms with Gasteiger partial charge in [-0.3, -0.25) is 9.59 Å².